The van der Waals surface area contributed by atoms with Crippen LogP contribution in [0.1, 0.15) is 11.3 Å². The minimum absolute atomic E-state index is 0.0447. The molecule has 1 aromatic heterocycles. The number of para-hydroxylation sites is 3. The largest absolute Gasteiger partial charge is 0.366 e. The first kappa shape index (κ1) is 27.1. The van der Waals surface area contributed by atoms with Gasteiger partial charge in [0.25, 0.3) is 0 Å². The van der Waals surface area contributed by atoms with Crippen LogP contribution in [0.15, 0.2) is 78.9 Å². The van der Waals surface area contributed by atoms with Gasteiger partial charge < -0.3 is 14.8 Å². The van der Waals surface area contributed by atoms with Gasteiger partial charge in [-0.3, -0.25) is 14.8 Å². The molecule has 0 spiro atoms. The van der Waals surface area contributed by atoms with Crippen LogP contribution in [0.25, 0.3) is 10.9 Å². The Morgan fingerprint density at radius 2 is 1.67 bits per heavy atom. The molecule has 0 saturated carbocycles. The third-order valence-corrected chi connectivity index (χ3v) is 7.75. The molecule has 2 heterocycles. The van der Waals surface area contributed by atoms with E-state index in [0.29, 0.717) is 49.9 Å². The van der Waals surface area contributed by atoms with Crippen LogP contribution in [-0.2, 0) is 27.8 Å². The Hall–Kier alpha value is -3.53. The first-order valence-electron chi connectivity index (χ1n) is 12.9. The number of sulfonamides is 1. The highest BCUT2D eigenvalue weighted by atomic mass is 35.5. The van der Waals surface area contributed by atoms with Crippen LogP contribution in [0.2, 0.25) is 5.02 Å². The van der Waals surface area contributed by atoms with Crippen molar-refractivity contribution in [3.63, 3.8) is 0 Å². The summed E-state index contributed by atoms with van der Waals surface area (Å²) in [6.45, 7) is 2.81. The van der Waals surface area contributed by atoms with Crippen LogP contribution < -0.4 is 14.9 Å². The number of nitrogens with zero attached hydrogens (tertiary/aromatic N) is 2. The van der Waals surface area contributed by atoms with Crippen molar-refractivity contribution in [3.05, 3.63) is 95.1 Å². The lowest BCUT2D eigenvalue weighted by Gasteiger charge is -2.38. The highest BCUT2D eigenvalue weighted by Gasteiger charge is 2.28. The molecular weight excluding hydrogens is 534 g/mol. The van der Waals surface area contributed by atoms with Crippen LogP contribution >= 0.6 is 11.6 Å². The number of aromatic amines is 1. The second-order valence-corrected chi connectivity index (χ2v) is 12.0. The highest BCUT2D eigenvalue weighted by Crippen LogP contribution is 2.27. The molecule has 204 valence electrons. The second-order valence-electron chi connectivity index (χ2n) is 9.85. The van der Waals surface area contributed by atoms with Crippen LogP contribution in [-0.4, -0.2) is 62.7 Å². The number of hydrogen-bond acceptors (Lipinski definition) is 5. The molecular formula is C29H32ClN5O3S. The number of aromatic nitrogens is 1. The van der Waals surface area contributed by atoms with Gasteiger partial charge in [0.1, 0.15) is 0 Å². The molecule has 1 aliphatic rings. The second kappa shape index (κ2) is 11.7. The molecule has 0 unspecified atom stereocenters. The fourth-order valence-electron chi connectivity index (χ4n) is 4.99. The zero-order valence-corrected chi connectivity index (χ0v) is 23.3. The number of H-pyrrole nitrogens is 1. The molecule has 3 N–H and O–H groups in total. The number of nitrogens with one attached hydrogen (secondary N) is 3. The number of fused-ring (bicyclic) bond motifs is 1. The number of halogens is 1. The SMILES string of the molecule is CS(=O)(=O)Nc1ccccc1N1CCN(C(=O)[C@@H](Cc2ccc(Cl)cc2)NCc2cc3ccccc3[nH]2)CC1. The number of anilines is 2. The van der Waals surface area contributed by atoms with Crippen molar-refractivity contribution < 1.29 is 13.2 Å². The van der Waals surface area contributed by atoms with Gasteiger partial charge in [-0.05, 0) is 53.8 Å². The summed E-state index contributed by atoms with van der Waals surface area (Å²) < 4.78 is 26.3. The van der Waals surface area contributed by atoms with Crippen molar-refractivity contribution in [2.45, 2.75) is 19.0 Å². The van der Waals surface area contributed by atoms with Crippen molar-refractivity contribution >= 4 is 49.8 Å². The van der Waals surface area contributed by atoms with E-state index in [2.05, 4.69) is 32.1 Å². The van der Waals surface area contributed by atoms with Gasteiger partial charge in [0, 0.05) is 49.0 Å². The molecule has 3 aromatic carbocycles. The Morgan fingerprint density at radius 1 is 0.974 bits per heavy atom. The van der Waals surface area contributed by atoms with E-state index in [4.69, 9.17) is 11.6 Å². The van der Waals surface area contributed by atoms with E-state index in [-0.39, 0.29) is 5.91 Å². The third-order valence-electron chi connectivity index (χ3n) is 6.91. The summed E-state index contributed by atoms with van der Waals surface area (Å²) in [7, 11) is -3.40. The van der Waals surface area contributed by atoms with Gasteiger partial charge in [-0.15, -0.1) is 0 Å². The van der Waals surface area contributed by atoms with Gasteiger partial charge in [0.2, 0.25) is 15.9 Å². The van der Waals surface area contributed by atoms with E-state index in [1.54, 1.807) is 12.1 Å². The smallest absolute Gasteiger partial charge is 0.240 e. The van der Waals surface area contributed by atoms with Gasteiger partial charge in [-0.1, -0.05) is 54.1 Å². The number of piperazine rings is 1. The number of rotatable bonds is 9. The minimum Gasteiger partial charge on any atom is -0.366 e. The van der Waals surface area contributed by atoms with Gasteiger partial charge in [-0.2, -0.15) is 0 Å². The molecule has 5 rings (SSSR count). The summed E-state index contributed by atoms with van der Waals surface area (Å²) in [5, 5.41) is 5.29. The molecule has 0 bridgehead atoms. The summed E-state index contributed by atoms with van der Waals surface area (Å²) in [5.41, 5.74) is 4.47. The maximum atomic E-state index is 13.8. The van der Waals surface area contributed by atoms with Gasteiger partial charge >= 0.3 is 0 Å². The average molecular weight is 566 g/mol. The van der Waals surface area contributed by atoms with E-state index < -0.39 is 16.1 Å². The van der Waals surface area contributed by atoms with Crippen molar-refractivity contribution in [3.8, 4) is 0 Å². The predicted octanol–water partition coefficient (Wildman–Crippen LogP) is 4.24. The highest BCUT2D eigenvalue weighted by molar-refractivity contribution is 7.92. The topological polar surface area (TPSA) is 97.5 Å². The Morgan fingerprint density at radius 3 is 2.38 bits per heavy atom. The minimum atomic E-state index is -3.40. The Bertz CT molecular complexity index is 1510. The number of hydrogen-bond donors (Lipinski definition) is 3. The molecule has 39 heavy (non-hydrogen) atoms. The standard InChI is InChI=1S/C29H32ClN5O3S/c1-39(37,38)33-26-8-4-5-9-28(26)34-14-16-35(17-15-34)29(36)27(18-21-10-12-23(30)13-11-21)31-20-24-19-22-6-2-3-7-25(22)32-24/h2-13,19,27,31-33H,14-18,20H2,1H3/t27-/m1/s1. The molecule has 8 nitrogen and oxygen atoms in total. The first-order valence-corrected chi connectivity index (χ1v) is 15.2. The summed E-state index contributed by atoms with van der Waals surface area (Å²) in [4.78, 5) is 21.2. The molecule has 4 aromatic rings. The molecule has 10 heteroatoms. The van der Waals surface area contributed by atoms with E-state index >= 15 is 0 Å². The van der Waals surface area contributed by atoms with E-state index in [9.17, 15) is 13.2 Å². The molecule has 1 aliphatic heterocycles. The molecule has 0 radical (unpaired) electrons. The Balaban J connectivity index is 1.28. The van der Waals surface area contributed by atoms with Crippen LogP contribution in [0, 0.1) is 0 Å². The monoisotopic (exact) mass is 565 g/mol. The Labute approximate surface area is 234 Å². The van der Waals surface area contributed by atoms with E-state index in [0.717, 1.165) is 34.1 Å². The zero-order chi connectivity index (χ0) is 27.4. The van der Waals surface area contributed by atoms with Crippen molar-refractivity contribution in [2.24, 2.45) is 0 Å². The molecule has 1 saturated heterocycles. The molecule has 1 fully saturated rings. The van der Waals surface area contributed by atoms with E-state index in [1.165, 1.54) is 0 Å². The number of carbonyl (C=O) groups is 1. The van der Waals surface area contributed by atoms with Crippen molar-refractivity contribution in [1.82, 2.24) is 15.2 Å². The Kier molecular flexibility index (Phi) is 8.11. The fraction of sp³-hybridized carbons (Fsp3) is 0.276. The maximum Gasteiger partial charge on any atom is 0.240 e. The summed E-state index contributed by atoms with van der Waals surface area (Å²) >= 11 is 6.09. The van der Waals surface area contributed by atoms with Crippen LogP contribution in [0.3, 0.4) is 0 Å². The quantitative estimate of drug-likeness (QED) is 0.282. The van der Waals surface area contributed by atoms with Gasteiger partial charge in [0.05, 0.1) is 23.7 Å². The lowest BCUT2D eigenvalue weighted by molar-refractivity contribution is -0.133. The summed E-state index contributed by atoms with van der Waals surface area (Å²) in [6, 6.07) is 24.7. The van der Waals surface area contributed by atoms with Gasteiger partial charge in [0.15, 0.2) is 0 Å². The fourth-order valence-corrected chi connectivity index (χ4v) is 5.69. The summed E-state index contributed by atoms with van der Waals surface area (Å²) in [6.07, 6.45) is 1.68. The zero-order valence-electron chi connectivity index (χ0n) is 21.7. The molecule has 1 atom stereocenters. The van der Waals surface area contributed by atoms with Crippen molar-refractivity contribution in [1.29, 1.82) is 0 Å². The van der Waals surface area contributed by atoms with Crippen LogP contribution in [0.4, 0.5) is 11.4 Å². The van der Waals surface area contributed by atoms with Crippen LogP contribution in [0.5, 0.6) is 0 Å². The lowest BCUT2D eigenvalue weighted by Crippen LogP contribution is -2.54. The van der Waals surface area contributed by atoms with Crippen molar-refractivity contribution in [2.75, 3.05) is 42.1 Å². The maximum absolute atomic E-state index is 13.8. The first-order chi connectivity index (χ1) is 18.7. The number of benzene rings is 3. The number of carbonyl (C=O) groups excluding carboxylic acids is 1. The normalized spacial score (nSPS) is 14.9. The van der Waals surface area contributed by atoms with E-state index in [1.807, 2.05) is 59.5 Å². The number of amides is 1. The van der Waals surface area contributed by atoms with Gasteiger partial charge in [-0.25, -0.2) is 8.42 Å². The average Bonchev–Trinajstić information content (AvgIpc) is 3.34. The molecule has 1 amide bonds. The third kappa shape index (κ3) is 6.92. The lowest BCUT2D eigenvalue weighted by atomic mass is 10.0. The molecule has 0 aliphatic carbocycles. The summed E-state index contributed by atoms with van der Waals surface area (Å²) in [5.74, 6) is 0.0447. The predicted molar refractivity (Wildman–Crippen MR) is 158 cm³/mol.